The third-order valence-electron chi connectivity index (χ3n) is 2.21. The number of methoxy groups -OCH3 is 1. The molecular formula is C11H14ClNO5S. The standard InChI is InChI=1S/C11H14ClNO5S/c1-18-10-6-9(12)5-8(11(10)14)7-13-3-2-4-19(15,16)17/h5-7,14H,2-4H2,1H3,(H,15,16,17). The first-order valence-electron chi connectivity index (χ1n) is 5.35. The van der Waals surface area contributed by atoms with E-state index >= 15 is 0 Å². The van der Waals surface area contributed by atoms with E-state index in [0.29, 0.717) is 10.6 Å². The Morgan fingerprint density at radius 1 is 1.47 bits per heavy atom. The summed E-state index contributed by atoms with van der Waals surface area (Å²) in [7, 11) is -2.56. The van der Waals surface area contributed by atoms with Crippen molar-refractivity contribution < 1.29 is 22.8 Å². The summed E-state index contributed by atoms with van der Waals surface area (Å²) in [5.74, 6) is -0.216. The number of hydrogen-bond donors (Lipinski definition) is 2. The molecule has 0 radical (unpaired) electrons. The van der Waals surface area contributed by atoms with E-state index < -0.39 is 10.1 Å². The van der Waals surface area contributed by atoms with E-state index in [1.807, 2.05) is 0 Å². The van der Waals surface area contributed by atoms with Gasteiger partial charge in [-0.1, -0.05) is 11.6 Å². The second kappa shape index (κ2) is 6.74. The van der Waals surface area contributed by atoms with Crippen molar-refractivity contribution in [2.75, 3.05) is 19.4 Å². The Hall–Kier alpha value is -1.31. The highest BCUT2D eigenvalue weighted by Crippen LogP contribution is 2.32. The molecule has 1 aromatic carbocycles. The Kier molecular flexibility index (Phi) is 5.59. The molecule has 0 atom stereocenters. The maximum atomic E-state index is 10.5. The highest BCUT2D eigenvalue weighted by Gasteiger charge is 2.08. The van der Waals surface area contributed by atoms with Gasteiger partial charge < -0.3 is 9.84 Å². The van der Waals surface area contributed by atoms with Crippen LogP contribution in [0.25, 0.3) is 0 Å². The van der Waals surface area contributed by atoms with Crippen LogP contribution in [0.4, 0.5) is 0 Å². The van der Waals surface area contributed by atoms with Crippen LogP contribution >= 0.6 is 11.6 Å². The molecule has 0 saturated heterocycles. The molecule has 0 aliphatic carbocycles. The molecule has 8 heteroatoms. The molecule has 2 N–H and O–H groups in total. The monoisotopic (exact) mass is 307 g/mol. The van der Waals surface area contributed by atoms with E-state index in [-0.39, 0.29) is 30.2 Å². The summed E-state index contributed by atoms with van der Waals surface area (Å²) in [4.78, 5) is 3.95. The second-order valence-corrected chi connectivity index (χ2v) is 5.73. The van der Waals surface area contributed by atoms with E-state index in [1.165, 1.54) is 25.5 Å². The summed E-state index contributed by atoms with van der Waals surface area (Å²) < 4.78 is 34.4. The molecule has 0 heterocycles. The molecule has 0 bridgehead atoms. The Morgan fingerprint density at radius 2 is 2.16 bits per heavy atom. The van der Waals surface area contributed by atoms with Gasteiger partial charge in [-0.3, -0.25) is 9.55 Å². The minimum Gasteiger partial charge on any atom is -0.504 e. The molecule has 0 fully saturated rings. The number of phenols is 1. The number of rotatable bonds is 6. The molecule has 0 amide bonds. The first-order chi connectivity index (χ1) is 8.83. The zero-order chi connectivity index (χ0) is 14.5. The highest BCUT2D eigenvalue weighted by atomic mass is 35.5. The molecule has 0 aliphatic heterocycles. The normalized spacial score (nSPS) is 11.9. The summed E-state index contributed by atoms with van der Waals surface area (Å²) >= 11 is 5.84. The van der Waals surface area contributed by atoms with Crippen molar-refractivity contribution in [3.63, 3.8) is 0 Å². The van der Waals surface area contributed by atoms with E-state index in [4.69, 9.17) is 20.9 Å². The number of aromatic hydroxyl groups is 1. The van der Waals surface area contributed by atoms with Crippen molar-refractivity contribution in [3.05, 3.63) is 22.7 Å². The van der Waals surface area contributed by atoms with Crippen molar-refractivity contribution in [3.8, 4) is 11.5 Å². The number of hydrogen-bond acceptors (Lipinski definition) is 5. The predicted octanol–water partition coefficient (Wildman–Crippen LogP) is 1.75. The van der Waals surface area contributed by atoms with Crippen LogP contribution in [0.5, 0.6) is 11.5 Å². The molecule has 0 aromatic heterocycles. The SMILES string of the molecule is COc1cc(Cl)cc(C=NCCCS(=O)(=O)O)c1O. The van der Waals surface area contributed by atoms with Gasteiger partial charge in [-0.2, -0.15) is 8.42 Å². The van der Waals surface area contributed by atoms with Gasteiger partial charge in [0.2, 0.25) is 0 Å². The largest absolute Gasteiger partial charge is 0.504 e. The Balaban J connectivity index is 2.69. The van der Waals surface area contributed by atoms with Gasteiger partial charge in [-0.25, -0.2) is 0 Å². The Bertz CT molecular complexity index is 571. The van der Waals surface area contributed by atoms with Crippen LogP contribution in [0, 0.1) is 0 Å². The molecule has 1 aromatic rings. The molecule has 0 unspecified atom stereocenters. The van der Waals surface area contributed by atoms with Gasteiger partial charge in [0.15, 0.2) is 11.5 Å². The van der Waals surface area contributed by atoms with Crippen LogP contribution in [-0.4, -0.2) is 43.7 Å². The van der Waals surface area contributed by atoms with Crippen molar-refractivity contribution in [1.29, 1.82) is 0 Å². The summed E-state index contributed by atoms with van der Waals surface area (Å²) in [5.41, 5.74) is 0.371. The van der Waals surface area contributed by atoms with Crippen molar-refractivity contribution in [1.82, 2.24) is 0 Å². The van der Waals surface area contributed by atoms with Crippen molar-refractivity contribution in [2.24, 2.45) is 4.99 Å². The zero-order valence-electron chi connectivity index (χ0n) is 10.2. The van der Waals surface area contributed by atoms with Crippen LogP contribution in [0.2, 0.25) is 5.02 Å². The van der Waals surface area contributed by atoms with Crippen LogP contribution in [-0.2, 0) is 10.1 Å². The lowest BCUT2D eigenvalue weighted by molar-refractivity contribution is 0.373. The van der Waals surface area contributed by atoms with Gasteiger partial charge in [-0.05, 0) is 12.5 Å². The minimum absolute atomic E-state index is 0.0922. The van der Waals surface area contributed by atoms with Gasteiger partial charge >= 0.3 is 0 Å². The van der Waals surface area contributed by atoms with Gasteiger partial charge in [0.25, 0.3) is 10.1 Å². The third-order valence-corrected chi connectivity index (χ3v) is 3.23. The fourth-order valence-electron chi connectivity index (χ4n) is 1.35. The Morgan fingerprint density at radius 3 is 2.74 bits per heavy atom. The molecule has 0 saturated carbocycles. The van der Waals surface area contributed by atoms with Crippen LogP contribution in [0.1, 0.15) is 12.0 Å². The lowest BCUT2D eigenvalue weighted by Crippen LogP contribution is -2.04. The average Bonchev–Trinajstić information content (AvgIpc) is 2.31. The van der Waals surface area contributed by atoms with Crippen LogP contribution < -0.4 is 4.74 Å². The number of phenolic OH excluding ortho intramolecular Hbond substituents is 1. The predicted molar refractivity (Wildman–Crippen MR) is 73.2 cm³/mol. The molecular weight excluding hydrogens is 294 g/mol. The topological polar surface area (TPSA) is 96.2 Å². The molecule has 106 valence electrons. The molecule has 1 rings (SSSR count). The summed E-state index contributed by atoms with van der Waals surface area (Å²) in [6, 6.07) is 2.97. The minimum atomic E-state index is -3.96. The van der Waals surface area contributed by atoms with Gasteiger partial charge in [0, 0.05) is 29.4 Å². The number of halogens is 1. The first-order valence-corrected chi connectivity index (χ1v) is 7.33. The van der Waals surface area contributed by atoms with E-state index in [0.717, 1.165) is 0 Å². The van der Waals surface area contributed by atoms with Crippen molar-refractivity contribution in [2.45, 2.75) is 6.42 Å². The Labute approximate surface area is 116 Å². The lowest BCUT2D eigenvalue weighted by Gasteiger charge is -2.06. The second-order valence-electron chi connectivity index (χ2n) is 3.72. The van der Waals surface area contributed by atoms with Gasteiger partial charge in [0.1, 0.15) is 0 Å². The first kappa shape index (κ1) is 15.7. The quantitative estimate of drug-likeness (QED) is 0.474. The number of benzene rings is 1. The summed E-state index contributed by atoms with van der Waals surface area (Å²) in [5, 5.41) is 10.2. The third kappa shape index (κ3) is 5.46. The fraction of sp³-hybridized carbons (Fsp3) is 0.364. The van der Waals surface area contributed by atoms with Crippen molar-refractivity contribution >= 4 is 27.9 Å². The summed E-state index contributed by atoms with van der Waals surface area (Å²) in [6.07, 6.45) is 1.56. The number of aliphatic imine (C=N–C) groups is 1. The number of ether oxygens (including phenoxy) is 1. The van der Waals surface area contributed by atoms with E-state index in [9.17, 15) is 13.5 Å². The maximum Gasteiger partial charge on any atom is 0.264 e. The van der Waals surface area contributed by atoms with Crippen LogP contribution in [0.3, 0.4) is 0 Å². The molecule has 0 spiro atoms. The smallest absolute Gasteiger partial charge is 0.264 e. The average molecular weight is 308 g/mol. The van der Waals surface area contributed by atoms with E-state index in [1.54, 1.807) is 0 Å². The molecule has 19 heavy (non-hydrogen) atoms. The zero-order valence-corrected chi connectivity index (χ0v) is 11.8. The fourth-order valence-corrected chi connectivity index (χ4v) is 2.06. The molecule has 6 nitrogen and oxygen atoms in total. The van der Waals surface area contributed by atoms with Gasteiger partial charge in [-0.15, -0.1) is 0 Å². The number of nitrogens with zero attached hydrogens (tertiary/aromatic N) is 1. The van der Waals surface area contributed by atoms with Crippen LogP contribution in [0.15, 0.2) is 17.1 Å². The summed E-state index contributed by atoms with van der Waals surface area (Å²) in [6.45, 7) is 0.202. The molecule has 0 aliphatic rings. The van der Waals surface area contributed by atoms with Gasteiger partial charge in [0.05, 0.1) is 12.9 Å². The van der Waals surface area contributed by atoms with E-state index in [2.05, 4.69) is 4.99 Å². The lowest BCUT2D eigenvalue weighted by atomic mass is 10.2. The maximum absolute atomic E-state index is 10.5. The highest BCUT2D eigenvalue weighted by molar-refractivity contribution is 7.85.